The summed E-state index contributed by atoms with van der Waals surface area (Å²) >= 11 is 0. The molecule has 5 nitrogen and oxygen atoms in total. The fourth-order valence-corrected chi connectivity index (χ4v) is 2.72. The minimum absolute atomic E-state index is 0.0906. The fourth-order valence-electron chi connectivity index (χ4n) is 2.72. The Hall–Kier alpha value is -0.650. The van der Waals surface area contributed by atoms with Gasteiger partial charge in [-0.3, -0.25) is 4.79 Å². The Morgan fingerprint density at radius 3 is 2.74 bits per heavy atom. The van der Waals surface area contributed by atoms with E-state index in [4.69, 9.17) is 15.2 Å². The number of hydrogen-bond donors (Lipinski definition) is 2. The molecule has 1 amide bonds. The standard InChI is InChI=1S/C14H26N2O3/c15-11-3-5-12(6-4-11)16-14(17)7-9-18-10-13-2-1-8-19-13/h11-13H,1-10,15H2,(H,16,17). The van der Waals surface area contributed by atoms with E-state index in [1.807, 2.05) is 0 Å². The number of nitrogens with two attached hydrogens (primary N) is 1. The van der Waals surface area contributed by atoms with Crippen molar-refractivity contribution in [3.63, 3.8) is 0 Å². The van der Waals surface area contributed by atoms with Gasteiger partial charge < -0.3 is 20.5 Å². The molecule has 1 heterocycles. The number of ether oxygens (including phenoxy) is 2. The molecule has 1 atom stereocenters. The lowest BCUT2D eigenvalue weighted by Crippen LogP contribution is -2.40. The van der Waals surface area contributed by atoms with Crippen LogP contribution in [0.5, 0.6) is 0 Å². The van der Waals surface area contributed by atoms with Crippen molar-refractivity contribution in [1.29, 1.82) is 0 Å². The second kappa shape index (κ2) is 7.82. The van der Waals surface area contributed by atoms with Crippen molar-refractivity contribution in [2.45, 2.75) is 63.1 Å². The van der Waals surface area contributed by atoms with Crippen LogP contribution in [0.1, 0.15) is 44.9 Å². The molecule has 1 aliphatic heterocycles. The van der Waals surface area contributed by atoms with E-state index >= 15 is 0 Å². The minimum atomic E-state index is 0.0906. The highest BCUT2D eigenvalue weighted by molar-refractivity contribution is 5.76. The monoisotopic (exact) mass is 270 g/mol. The summed E-state index contributed by atoms with van der Waals surface area (Å²) in [5.74, 6) is 0.0906. The first-order valence-corrected chi connectivity index (χ1v) is 7.48. The van der Waals surface area contributed by atoms with Crippen LogP contribution in [0.4, 0.5) is 0 Å². The molecule has 1 saturated heterocycles. The minimum Gasteiger partial charge on any atom is -0.378 e. The van der Waals surface area contributed by atoms with E-state index in [-0.39, 0.29) is 12.0 Å². The number of rotatable bonds is 6. The van der Waals surface area contributed by atoms with Crippen LogP contribution >= 0.6 is 0 Å². The summed E-state index contributed by atoms with van der Waals surface area (Å²) in [7, 11) is 0. The van der Waals surface area contributed by atoms with Gasteiger partial charge in [-0.15, -0.1) is 0 Å². The van der Waals surface area contributed by atoms with Gasteiger partial charge in [-0.05, 0) is 38.5 Å². The van der Waals surface area contributed by atoms with Gasteiger partial charge in [0.25, 0.3) is 0 Å². The molecule has 19 heavy (non-hydrogen) atoms. The lowest BCUT2D eigenvalue weighted by atomic mass is 9.92. The topological polar surface area (TPSA) is 73.6 Å². The number of carbonyl (C=O) groups is 1. The first-order chi connectivity index (χ1) is 9.24. The molecule has 1 unspecified atom stereocenters. The molecule has 0 spiro atoms. The number of hydrogen-bond acceptors (Lipinski definition) is 4. The molecule has 2 aliphatic rings. The van der Waals surface area contributed by atoms with Crippen molar-refractivity contribution in [3.05, 3.63) is 0 Å². The Morgan fingerprint density at radius 1 is 1.26 bits per heavy atom. The second-order valence-electron chi connectivity index (χ2n) is 5.64. The average molecular weight is 270 g/mol. The zero-order valence-electron chi connectivity index (χ0n) is 11.6. The first kappa shape index (κ1) is 14.8. The molecule has 2 rings (SSSR count). The summed E-state index contributed by atoms with van der Waals surface area (Å²) in [6.45, 7) is 1.95. The van der Waals surface area contributed by atoms with Crippen LogP contribution < -0.4 is 11.1 Å². The lowest BCUT2D eigenvalue weighted by molar-refractivity contribution is -0.123. The Balaban J connectivity index is 1.49. The van der Waals surface area contributed by atoms with E-state index in [9.17, 15) is 4.79 Å². The Kier molecular flexibility index (Phi) is 6.07. The smallest absolute Gasteiger partial charge is 0.222 e. The van der Waals surface area contributed by atoms with Gasteiger partial charge in [0.1, 0.15) is 0 Å². The molecular formula is C14H26N2O3. The molecular weight excluding hydrogens is 244 g/mol. The zero-order valence-corrected chi connectivity index (χ0v) is 11.6. The SMILES string of the molecule is NC1CCC(NC(=O)CCOCC2CCCO2)CC1. The molecule has 1 saturated carbocycles. The van der Waals surface area contributed by atoms with Crippen LogP contribution in [0.15, 0.2) is 0 Å². The normalized spacial score (nSPS) is 31.3. The third kappa shape index (κ3) is 5.47. The lowest BCUT2D eigenvalue weighted by Gasteiger charge is -2.26. The van der Waals surface area contributed by atoms with E-state index in [1.54, 1.807) is 0 Å². The van der Waals surface area contributed by atoms with E-state index in [0.717, 1.165) is 45.1 Å². The molecule has 0 aromatic heterocycles. The van der Waals surface area contributed by atoms with Crippen molar-refractivity contribution < 1.29 is 14.3 Å². The molecule has 0 aromatic carbocycles. The van der Waals surface area contributed by atoms with E-state index in [1.165, 1.54) is 0 Å². The second-order valence-corrected chi connectivity index (χ2v) is 5.64. The van der Waals surface area contributed by atoms with Crippen molar-refractivity contribution >= 4 is 5.91 Å². The van der Waals surface area contributed by atoms with Gasteiger partial charge in [0, 0.05) is 25.1 Å². The van der Waals surface area contributed by atoms with Gasteiger partial charge in [-0.25, -0.2) is 0 Å². The maximum Gasteiger partial charge on any atom is 0.222 e. The van der Waals surface area contributed by atoms with Gasteiger partial charge in [-0.1, -0.05) is 0 Å². The van der Waals surface area contributed by atoms with Crippen LogP contribution in [0.25, 0.3) is 0 Å². The third-order valence-electron chi connectivity index (χ3n) is 3.94. The van der Waals surface area contributed by atoms with Crippen LogP contribution in [-0.4, -0.2) is 43.9 Å². The fraction of sp³-hybridized carbons (Fsp3) is 0.929. The van der Waals surface area contributed by atoms with Crippen LogP contribution in [0.2, 0.25) is 0 Å². The van der Waals surface area contributed by atoms with Gasteiger partial charge in [0.2, 0.25) is 5.91 Å². The van der Waals surface area contributed by atoms with Gasteiger partial charge >= 0.3 is 0 Å². The Morgan fingerprint density at radius 2 is 2.05 bits per heavy atom. The van der Waals surface area contributed by atoms with Crippen molar-refractivity contribution in [2.75, 3.05) is 19.8 Å². The van der Waals surface area contributed by atoms with E-state index in [0.29, 0.717) is 31.7 Å². The first-order valence-electron chi connectivity index (χ1n) is 7.48. The molecule has 3 N–H and O–H groups in total. The van der Waals surface area contributed by atoms with Crippen molar-refractivity contribution in [3.8, 4) is 0 Å². The highest BCUT2D eigenvalue weighted by atomic mass is 16.5. The van der Waals surface area contributed by atoms with Gasteiger partial charge in [-0.2, -0.15) is 0 Å². The predicted molar refractivity (Wildman–Crippen MR) is 72.8 cm³/mol. The van der Waals surface area contributed by atoms with Gasteiger partial charge in [0.05, 0.1) is 19.3 Å². The highest BCUT2D eigenvalue weighted by Gasteiger charge is 2.20. The maximum absolute atomic E-state index is 11.7. The van der Waals surface area contributed by atoms with E-state index in [2.05, 4.69) is 5.32 Å². The van der Waals surface area contributed by atoms with Crippen molar-refractivity contribution in [1.82, 2.24) is 5.32 Å². The summed E-state index contributed by atoms with van der Waals surface area (Å²) in [6, 6.07) is 0.633. The third-order valence-corrected chi connectivity index (χ3v) is 3.94. The molecule has 5 heteroatoms. The summed E-state index contributed by atoms with van der Waals surface area (Å²) in [6.07, 6.45) is 6.92. The van der Waals surface area contributed by atoms with Gasteiger partial charge in [0.15, 0.2) is 0 Å². The van der Waals surface area contributed by atoms with Crippen LogP contribution in [-0.2, 0) is 14.3 Å². The molecule has 0 bridgehead atoms. The number of carbonyl (C=O) groups excluding carboxylic acids is 1. The molecule has 2 fully saturated rings. The molecule has 0 aromatic rings. The summed E-state index contributed by atoms with van der Waals surface area (Å²) in [5, 5.41) is 3.06. The summed E-state index contributed by atoms with van der Waals surface area (Å²) in [4.78, 5) is 11.7. The summed E-state index contributed by atoms with van der Waals surface area (Å²) in [5.41, 5.74) is 5.84. The van der Waals surface area contributed by atoms with Crippen LogP contribution in [0.3, 0.4) is 0 Å². The Labute approximate surface area is 115 Å². The predicted octanol–water partition coefficient (Wildman–Crippen LogP) is 0.958. The number of nitrogens with one attached hydrogen (secondary N) is 1. The summed E-state index contributed by atoms with van der Waals surface area (Å²) < 4.78 is 10.9. The molecule has 1 aliphatic carbocycles. The number of amides is 1. The van der Waals surface area contributed by atoms with E-state index < -0.39 is 0 Å². The highest BCUT2D eigenvalue weighted by Crippen LogP contribution is 2.17. The molecule has 110 valence electrons. The Bertz CT molecular complexity index is 272. The van der Waals surface area contributed by atoms with Crippen molar-refractivity contribution in [2.24, 2.45) is 5.73 Å². The zero-order chi connectivity index (χ0) is 13.5. The maximum atomic E-state index is 11.7. The van der Waals surface area contributed by atoms with Crippen LogP contribution in [0, 0.1) is 0 Å². The molecule has 0 radical (unpaired) electrons. The quantitative estimate of drug-likeness (QED) is 0.705. The largest absolute Gasteiger partial charge is 0.378 e. The average Bonchev–Trinajstić information content (AvgIpc) is 2.91.